The third-order valence-electron chi connectivity index (χ3n) is 6.13. The zero-order chi connectivity index (χ0) is 21.8. The van der Waals surface area contributed by atoms with Crippen LogP contribution in [0.2, 0.25) is 10.0 Å². The highest BCUT2D eigenvalue weighted by Crippen LogP contribution is 2.34. The number of hydrogen-bond donors (Lipinski definition) is 1. The maximum Gasteiger partial charge on any atom is 0.167 e. The molecule has 0 aromatic heterocycles. The smallest absolute Gasteiger partial charge is 0.167 e. The van der Waals surface area contributed by atoms with E-state index in [4.69, 9.17) is 23.2 Å². The quantitative estimate of drug-likeness (QED) is 0.471. The summed E-state index contributed by atoms with van der Waals surface area (Å²) in [6.07, 6.45) is 7.56. The number of piperidine rings is 1. The van der Waals surface area contributed by atoms with E-state index in [0.29, 0.717) is 23.0 Å². The number of quaternary nitrogens is 1. The summed E-state index contributed by atoms with van der Waals surface area (Å²) in [5.41, 5.74) is 0.652. The molecular weight excluding hydrogens is 417 g/mol. The third-order valence-corrected chi connectivity index (χ3v) is 6.63. The Morgan fingerprint density at radius 3 is 2.13 bits per heavy atom. The molecule has 0 radical (unpaired) electrons. The number of carbonyl (C=O) groups excluding carboxylic acids is 1. The molecule has 3 rings (SSSR count). The van der Waals surface area contributed by atoms with Crippen LogP contribution < -0.4 is 0 Å². The van der Waals surface area contributed by atoms with Crippen LogP contribution in [0.4, 0.5) is 0 Å². The fourth-order valence-electron chi connectivity index (χ4n) is 3.82. The lowest BCUT2D eigenvalue weighted by molar-refractivity contribution is -0.916. The van der Waals surface area contributed by atoms with Gasteiger partial charge in [-0.05, 0) is 48.4 Å². The molecule has 158 valence electrons. The molecule has 3 unspecified atom stereocenters. The van der Waals surface area contributed by atoms with Crippen LogP contribution in [0.15, 0.2) is 60.7 Å². The molecule has 0 bridgehead atoms. The Labute approximate surface area is 188 Å². The van der Waals surface area contributed by atoms with Crippen LogP contribution in [0, 0.1) is 5.92 Å². The maximum atomic E-state index is 13.2. The molecule has 0 aliphatic carbocycles. The van der Waals surface area contributed by atoms with Crippen molar-refractivity contribution in [2.75, 3.05) is 26.7 Å². The van der Waals surface area contributed by atoms with E-state index in [2.05, 4.69) is 14.0 Å². The number of aliphatic hydroxyl groups is 1. The Morgan fingerprint density at radius 1 is 1.07 bits per heavy atom. The Morgan fingerprint density at radius 2 is 1.60 bits per heavy atom. The van der Waals surface area contributed by atoms with Gasteiger partial charge in [0.15, 0.2) is 5.78 Å². The number of rotatable bonds is 6. The van der Waals surface area contributed by atoms with Gasteiger partial charge in [-0.3, -0.25) is 4.79 Å². The van der Waals surface area contributed by atoms with Crippen molar-refractivity contribution < 1.29 is 14.4 Å². The largest absolute Gasteiger partial charge is 0.385 e. The minimum Gasteiger partial charge on any atom is -0.385 e. The van der Waals surface area contributed by atoms with Crippen LogP contribution in [0.25, 0.3) is 12.2 Å². The minimum atomic E-state index is -1.19. The number of ketones is 1. The molecule has 1 N–H and O–H groups in total. The van der Waals surface area contributed by atoms with E-state index in [1.807, 2.05) is 42.5 Å². The molecule has 1 heterocycles. The van der Waals surface area contributed by atoms with Crippen LogP contribution in [0.5, 0.6) is 0 Å². The van der Waals surface area contributed by atoms with Crippen molar-refractivity contribution in [2.24, 2.45) is 5.92 Å². The Hall–Kier alpha value is -1.91. The van der Waals surface area contributed by atoms with Gasteiger partial charge in [0.25, 0.3) is 0 Å². The van der Waals surface area contributed by atoms with Crippen molar-refractivity contribution in [3.63, 3.8) is 0 Å². The predicted molar refractivity (Wildman–Crippen MR) is 125 cm³/mol. The van der Waals surface area contributed by atoms with Gasteiger partial charge >= 0.3 is 0 Å². The summed E-state index contributed by atoms with van der Waals surface area (Å²) in [6, 6.07) is 14.7. The number of carbonyl (C=O) groups is 1. The lowest BCUT2D eigenvalue weighted by atomic mass is 9.76. The molecule has 0 saturated carbocycles. The average Bonchev–Trinajstić information content (AvgIpc) is 2.75. The van der Waals surface area contributed by atoms with E-state index in [1.165, 1.54) is 0 Å². The van der Waals surface area contributed by atoms with Crippen molar-refractivity contribution in [3.8, 4) is 0 Å². The summed E-state index contributed by atoms with van der Waals surface area (Å²) in [4.78, 5) is 13.2. The van der Waals surface area contributed by atoms with Gasteiger partial charge in [0.2, 0.25) is 0 Å². The summed E-state index contributed by atoms with van der Waals surface area (Å²) in [5, 5.41) is 12.8. The summed E-state index contributed by atoms with van der Waals surface area (Å²) >= 11 is 11.9. The molecule has 1 saturated heterocycles. The number of likely N-dealkylation sites (tertiary alicyclic amines) is 1. The zero-order valence-electron chi connectivity index (χ0n) is 17.4. The van der Waals surface area contributed by atoms with Gasteiger partial charge in [-0.2, -0.15) is 0 Å². The summed E-state index contributed by atoms with van der Waals surface area (Å²) in [7, 11) is 2.14. The SMILES string of the molecule is CC[N+]1(C)CCC(O)(/C=C/c2ccc(Cl)cc2)C(C(=O)/C=C/c2ccc(Cl)cc2)C1. The van der Waals surface area contributed by atoms with Crippen molar-refractivity contribution in [1.29, 1.82) is 0 Å². The topological polar surface area (TPSA) is 37.3 Å². The summed E-state index contributed by atoms with van der Waals surface area (Å²) in [5.74, 6) is -0.575. The number of halogens is 2. The maximum absolute atomic E-state index is 13.2. The van der Waals surface area contributed by atoms with Crippen molar-refractivity contribution in [2.45, 2.75) is 18.9 Å². The molecule has 1 aliphatic heterocycles. The number of nitrogens with zero attached hydrogens (tertiary/aromatic N) is 1. The highest BCUT2D eigenvalue weighted by atomic mass is 35.5. The van der Waals surface area contributed by atoms with Gasteiger partial charge < -0.3 is 9.59 Å². The van der Waals surface area contributed by atoms with Crippen LogP contribution in [-0.2, 0) is 4.79 Å². The van der Waals surface area contributed by atoms with Crippen molar-refractivity contribution in [1.82, 2.24) is 0 Å². The first-order valence-electron chi connectivity index (χ1n) is 10.2. The molecule has 30 heavy (non-hydrogen) atoms. The van der Waals surface area contributed by atoms with E-state index in [0.717, 1.165) is 28.7 Å². The molecule has 1 fully saturated rings. The van der Waals surface area contributed by atoms with Crippen molar-refractivity contribution in [3.05, 3.63) is 81.9 Å². The van der Waals surface area contributed by atoms with Gasteiger partial charge in [0.1, 0.15) is 11.5 Å². The second kappa shape index (κ2) is 9.49. The first kappa shape index (κ1) is 22.8. The van der Waals surface area contributed by atoms with E-state index in [1.54, 1.807) is 30.4 Å². The van der Waals surface area contributed by atoms with E-state index in [9.17, 15) is 9.90 Å². The predicted octanol–water partition coefficient (Wildman–Crippen LogP) is 5.51. The van der Waals surface area contributed by atoms with Gasteiger partial charge in [0.05, 0.1) is 26.7 Å². The van der Waals surface area contributed by atoms with E-state index >= 15 is 0 Å². The first-order valence-corrected chi connectivity index (χ1v) is 11.0. The first-order chi connectivity index (χ1) is 14.2. The second-order valence-corrected chi connectivity index (χ2v) is 9.18. The number of hydrogen-bond acceptors (Lipinski definition) is 2. The molecule has 1 aliphatic rings. The Bertz CT molecular complexity index is 937. The third kappa shape index (κ3) is 5.61. The summed E-state index contributed by atoms with van der Waals surface area (Å²) < 4.78 is 0.766. The molecule has 5 heteroatoms. The molecule has 0 spiro atoms. The van der Waals surface area contributed by atoms with Crippen molar-refractivity contribution >= 4 is 41.1 Å². The van der Waals surface area contributed by atoms with Crippen LogP contribution in [0.3, 0.4) is 0 Å². The molecule has 0 amide bonds. The van der Waals surface area contributed by atoms with E-state index < -0.39 is 11.5 Å². The second-order valence-electron chi connectivity index (χ2n) is 8.31. The number of allylic oxidation sites excluding steroid dienone is 1. The molecule has 2 aromatic carbocycles. The fourth-order valence-corrected chi connectivity index (χ4v) is 4.07. The lowest BCUT2D eigenvalue weighted by Gasteiger charge is -2.46. The fraction of sp³-hybridized carbons (Fsp3) is 0.320. The monoisotopic (exact) mass is 444 g/mol. The van der Waals surface area contributed by atoms with Gasteiger partial charge in [-0.1, -0.05) is 65.7 Å². The number of benzene rings is 2. The molecule has 3 nitrogen and oxygen atoms in total. The molecular formula is C25H28Cl2NO2+. The minimum absolute atomic E-state index is 0.0642. The van der Waals surface area contributed by atoms with Gasteiger partial charge in [-0.15, -0.1) is 0 Å². The Balaban J connectivity index is 1.85. The highest BCUT2D eigenvalue weighted by Gasteiger charge is 2.48. The summed E-state index contributed by atoms with van der Waals surface area (Å²) in [6.45, 7) is 4.46. The zero-order valence-corrected chi connectivity index (χ0v) is 18.9. The highest BCUT2D eigenvalue weighted by molar-refractivity contribution is 6.30. The average molecular weight is 445 g/mol. The van der Waals surface area contributed by atoms with Crippen LogP contribution in [0.1, 0.15) is 24.5 Å². The lowest BCUT2D eigenvalue weighted by Crippen LogP contribution is -2.61. The van der Waals surface area contributed by atoms with Gasteiger partial charge in [0, 0.05) is 16.5 Å². The Kier molecular flexibility index (Phi) is 7.20. The molecule has 2 aromatic rings. The van der Waals surface area contributed by atoms with Gasteiger partial charge in [-0.25, -0.2) is 0 Å². The van der Waals surface area contributed by atoms with E-state index in [-0.39, 0.29) is 5.78 Å². The standard InChI is InChI=1S/C25H28Cl2NO2/c1-3-28(2)17-16-25(30,15-14-20-6-11-22(27)12-7-20)23(18-28)24(29)13-8-19-4-9-21(26)10-5-19/h4-15,23,30H,3,16-18H2,1-2H3/q+1/b13-8+,15-14+. The van der Waals surface area contributed by atoms with Crippen LogP contribution in [-0.4, -0.2) is 47.7 Å². The molecule has 3 atom stereocenters. The normalized spacial score (nSPS) is 27.0. The van der Waals surface area contributed by atoms with Crippen LogP contribution >= 0.6 is 23.2 Å².